The van der Waals surface area contributed by atoms with Gasteiger partial charge in [-0.2, -0.15) is 0 Å². The van der Waals surface area contributed by atoms with E-state index in [2.05, 4.69) is 26.8 Å². The first-order valence-electron chi connectivity index (χ1n) is 5.95. The van der Waals surface area contributed by atoms with Gasteiger partial charge in [-0.3, -0.25) is 20.4 Å². The largest absolute Gasteiger partial charge is 0.279 e. The summed E-state index contributed by atoms with van der Waals surface area (Å²) in [6, 6.07) is 11.1. The summed E-state index contributed by atoms with van der Waals surface area (Å²) in [7, 11) is 0. The van der Waals surface area contributed by atoms with E-state index in [9.17, 15) is 9.59 Å². The van der Waals surface area contributed by atoms with Gasteiger partial charge in [0.2, 0.25) is 5.91 Å². The normalized spacial score (nSPS) is 10.1. The van der Waals surface area contributed by atoms with Gasteiger partial charge < -0.3 is 0 Å². The number of hydrogen-bond acceptors (Lipinski definition) is 3. The number of hydrazine groups is 1. The number of aryl methyl sites for hydroxylation is 1. The molecule has 1 aromatic carbocycles. The summed E-state index contributed by atoms with van der Waals surface area (Å²) in [4.78, 5) is 24.1. The summed E-state index contributed by atoms with van der Waals surface area (Å²) in [5.41, 5.74) is 6.82. The van der Waals surface area contributed by atoms with Crippen molar-refractivity contribution in [1.29, 1.82) is 0 Å². The number of thiophene rings is 1. The number of amides is 2. The van der Waals surface area contributed by atoms with E-state index in [0.717, 1.165) is 14.9 Å². The molecule has 20 heavy (non-hydrogen) atoms. The highest BCUT2D eigenvalue weighted by Crippen LogP contribution is 2.21. The second-order valence-corrected chi connectivity index (χ2v) is 6.67. The molecule has 2 N–H and O–H groups in total. The molecule has 0 aliphatic rings. The standard InChI is InChI=1S/C14H13BrN2O2S/c1-9-4-2-3-5-10(9)8-13(18)16-17-14(19)11-6-7-12(15)20-11/h2-7H,8H2,1H3,(H,16,18)(H,17,19). The topological polar surface area (TPSA) is 58.2 Å². The van der Waals surface area contributed by atoms with Crippen LogP contribution in [0.2, 0.25) is 0 Å². The number of carbonyl (C=O) groups is 2. The van der Waals surface area contributed by atoms with Crippen molar-refractivity contribution in [2.24, 2.45) is 0 Å². The first-order valence-corrected chi connectivity index (χ1v) is 7.56. The fourth-order valence-electron chi connectivity index (χ4n) is 1.65. The monoisotopic (exact) mass is 352 g/mol. The van der Waals surface area contributed by atoms with Crippen LogP contribution in [0.1, 0.15) is 20.8 Å². The summed E-state index contributed by atoms with van der Waals surface area (Å²) in [5.74, 6) is -0.567. The molecule has 0 aliphatic heterocycles. The van der Waals surface area contributed by atoms with Crippen molar-refractivity contribution < 1.29 is 9.59 Å². The van der Waals surface area contributed by atoms with E-state index in [4.69, 9.17) is 0 Å². The first kappa shape index (κ1) is 14.7. The van der Waals surface area contributed by atoms with Crippen LogP contribution in [-0.2, 0) is 11.2 Å². The van der Waals surface area contributed by atoms with Crippen LogP contribution in [0, 0.1) is 6.92 Å². The average Bonchev–Trinajstić information content (AvgIpc) is 2.85. The Morgan fingerprint density at radius 1 is 1.15 bits per heavy atom. The third-order valence-corrected chi connectivity index (χ3v) is 4.35. The predicted octanol–water partition coefficient (Wildman–Crippen LogP) is 2.82. The molecule has 0 unspecified atom stereocenters. The molecule has 2 aromatic rings. The Labute approximate surface area is 129 Å². The zero-order valence-electron chi connectivity index (χ0n) is 10.8. The number of nitrogens with one attached hydrogen (secondary N) is 2. The molecule has 0 fully saturated rings. The van der Waals surface area contributed by atoms with E-state index in [1.807, 2.05) is 31.2 Å². The smallest absolute Gasteiger partial charge is 0.273 e. The van der Waals surface area contributed by atoms with Crippen LogP contribution < -0.4 is 10.9 Å². The highest BCUT2D eigenvalue weighted by molar-refractivity contribution is 9.11. The Morgan fingerprint density at radius 2 is 1.90 bits per heavy atom. The number of carbonyl (C=O) groups excluding carboxylic acids is 2. The van der Waals surface area contributed by atoms with Gasteiger partial charge in [0, 0.05) is 0 Å². The molecule has 0 saturated carbocycles. The maximum atomic E-state index is 11.8. The lowest BCUT2D eigenvalue weighted by molar-refractivity contribution is -0.121. The summed E-state index contributed by atoms with van der Waals surface area (Å²) in [5, 5.41) is 0. The molecule has 104 valence electrons. The lowest BCUT2D eigenvalue weighted by Gasteiger charge is -2.07. The Balaban J connectivity index is 1.87. The summed E-state index contributed by atoms with van der Waals surface area (Å²) in [6.07, 6.45) is 0.237. The third-order valence-electron chi connectivity index (χ3n) is 2.72. The molecule has 6 heteroatoms. The quantitative estimate of drug-likeness (QED) is 0.834. The molecule has 2 rings (SSSR count). The molecule has 0 radical (unpaired) electrons. The van der Waals surface area contributed by atoms with Gasteiger partial charge in [-0.15, -0.1) is 11.3 Å². The molecule has 0 saturated heterocycles. The molecule has 1 aromatic heterocycles. The Kier molecular flexibility index (Phi) is 4.92. The second-order valence-electron chi connectivity index (χ2n) is 4.21. The third kappa shape index (κ3) is 3.91. The van der Waals surface area contributed by atoms with Crippen molar-refractivity contribution in [3.05, 3.63) is 56.2 Å². The van der Waals surface area contributed by atoms with E-state index in [1.54, 1.807) is 12.1 Å². The fraction of sp³-hybridized carbons (Fsp3) is 0.143. The van der Waals surface area contributed by atoms with Crippen molar-refractivity contribution in [1.82, 2.24) is 10.9 Å². The number of rotatable bonds is 3. The molecule has 0 aliphatic carbocycles. The summed E-state index contributed by atoms with van der Waals surface area (Å²) < 4.78 is 0.869. The average molecular weight is 353 g/mol. The van der Waals surface area contributed by atoms with Crippen molar-refractivity contribution in [2.45, 2.75) is 13.3 Å². The van der Waals surface area contributed by atoms with Crippen LogP contribution in [0.4, 0.5) is 0 Å². The van der Waals surface area contributed by atoms with Crippen LogP contribution in [-0.4, -0.2) is 11.8 Å². The van der Waals surface area contributed by atoms with Crippen LogP contribution in [0.3, 0.4) is 0 Å². The minimum Gasteiger partial charge on any atom is -0.273 e. The van der Waals surface area contributed by atoms with E-state index < -0.39 is 0 Å². The summed E-state index contributed by atoms with van der Waals surface area (Å²) in [6.45, 7) is 1.95. The fourth-order valence-corrected chi connectivity index (χ4v) is 2.93. The van der Waals surface area contributed by atoms with E-state index >= 15 is 0 Å². The van der Waals surface area contributed by atoms with Crippen molar-refractivity contribution in [2.75, 3.05) is 0 Å². The Morgan fingerprint density at radius 3 is 2.55 bits per heavy atom. The van der Waals surface area contributed by atoms with Crippen LogP contribution >= 0.6 is 27.3 Å². The lowest BCUT2D eigenvalue weighted by atomic mass is 10.1. The zero-order chi connectivity index (χ0) is 14.5. The van der Waals surface area contributed by atoms with Gasteiger partial charge in [-0.05, 0) is 46.1 Å². The van der Waals surface area contributed by atoms with E-state index in [-0.39, 0.29) is 18.2 Å². The summed E-state index contributed by atoms with van der Waals surface area (Å²) >= 11 is 4.59. The van der Waals surface area contributed by atoms with Gasteiger partial charge in [0.1, 0.15) is 0 Å². The molecule has 0 spiro atoms. The van der Waals surface area contributed by atoms with Crippen LogP contribution in [0.25, 0.3) is 0 Å². The van der Waals surface area contributed by atoms with Gasteiger partial charge in [0.25, 0.3) is 5.91 Å². The first-order chi connectivity index (χ1) is 9.56. The predicted molar refractivity (Wildman–Crippen MR) is 82.5 cm³/mol. The minimum absolute atomic E-state index is 0.237. The second kappa shape index (κ2) is 6.67. The van der Waals surface area contributed by atoms with Gasteiger partial charge in [-0.25, -0.2) is 0 Å². The maximum Gasteiger partial charge on any atom is 0.279 e. The van der Waals surface area contributed by atoms with Crippen molar-refractivity contribution in [3.8, 4) is 0 Å². The number of hydrogen-bond donors (Lipinski definition) is 2. The highest BCUT2D eigenvalue weighted by atomic mass is 79.9. The molecular formula is C14H13BrN2O2S. The Hall–Kier alpha value is -1.66. The van der Waals surface area contributed by atoms with E-state index in [1.165, 1.54) is 11.3 Å². The minimum atomic E-state index is -0.321. The van der Waals surface area contributed by atoms with Gasteiger partial charge in [0.15, 0.2) is 0 Å². The van der Waals surface area contributed by atoms with Crippen molar-refractivity contribution in [3.63, 3.8) is 0 Å². The van der Waals surface area contributed by atoms with Gasteiger partial charge in [-0.1, -0.05) is 24.3 Å². The highest BCUT2D eigenvalue weighted by Gasteiger charge is 2.10. The van der Waals surface area contributed by atoms with E-state index in [0.29, 0.717) is 4.88 Å². The van der Waals surface area contributed by atoms with Gasteiger partial charge >= 0.3 is 0 Å². The maximum absolute atomic E-state index is 11.8. The Bertz CT molecular complexity index is 640. The zero-order valence-corrected chi connectivity index (χ0v) is 13.2. The number of halogens is 1. The molecule has 0 atom stereocenters. The van der Waals surface area contributed by atoms with Crippen LogP contribution in [0.5, 0.6) is 0 Å². The lowest BCUT2D eigenvalue weighted by Crippen LogP contribution is -2.42. The molecule has 2 amide bonds. The molecule has 1 heterocycles. The van der Waals surface area contributed by atoms with Crippen LogP contribution in [0.15, 0.2) is 40.2 Å². The molecule has 0 bridgehead atoms. The van der Waals surface area contributed by atoms with Gasteiger partial charge in [0.05, 0.1) is 15.1 Å². The SMILES string of the molecule is Cc1ccccc1CC(=O)NNC(=O)c1ccc(Br)s1. The van der Waals surface area contributed by atoms with Crippen molar-refractivity contribution >= 4 is 39.1 Å². The molecule has 4 nitrogen and oxygen atoms in total. The number of benzene rings is 1. The molecular weight excluding hydrogens is 340 g/mol.